The number of nitrogens with one attached hydrogen (secondary N) is 2. The number of benzene rings is 2. The van der Waals surface area contributed by atoms with Gasteiger partial charge in [0.1, 0.15) is 11.8 Å². The van der Waals surface area contributed by atoms with E-state index in [4.69, 9.17) is 5.73 Å². The lowest BCUT2D eigenvalue weighted by molar-refractivity contribution is -0.125. The van der Waals surface area contributed by atoms with Crippen LogP contribution in [0.3, 0.4) is 0 Å². The van der Waals surface area contributed by atoms with Gasteiger partial charge in [-0.05, 0) is 61.9 Å². The zero-order valence-corrected chi connectivity index (χ0v) is 23.7. The van der Waals surface area contributed by atoms with Crippen LogP contribution in [0, 0.1) is 13.8 Å². The number of carbonyl (C=O) groups is 1. The maximum absolute atomic E-state index is 13.0. The number of H-pyrrole nitrogens is 2. The zero-order valence-electron chi connectivity index (χ0n) is 23.7. The fourth-order valence-corrected chi connectivity index (χ4v) is 5.39. The average molecular weight is 547 g/mol. The number of rotatable bonds is 9. The summed E-state index contributed by atoms with van der Waals surface area (Å²) < 4.78 is 0. The number of nitrogens with two attached hydrogens (primary N) is 1. The number of nitrogen functional groups attached to an aromatic ring is 1. The second-order valence-corrected chi connectivity index (χ2v) is 10.5. The Morgan fingerprint density at radius 2 is 1.56 bits per heavy atom. The van der Waals surface area contributed by atoms with Crippen molar-refractivity contribution in [3.8, 4) is 0 Å². The largest absolute Gasteiger partial charge is 0.383 e. The standard InChI is InChI=1S/C33H34N6O2/c1-21-27(24-9-5-7-11-29(24)36-21)19-38(3)31(15-16-40)26-17-23(18-35-33(26)34)13-14-32(41)39(4)20-28-22(2)37-30-12-8-6-10-25(28)30/h5-15,17-18,31,36-37H,19-20H2,1-4H3,(H2,34,35). The van der Waals surface area contributed by atoms with Gasteiger partial charge in [-0.25, -0.2) is 9.78 Å². The van der Waals surface area contributed by atoms with Crippen LogP contribution in [0.2, 0.25) is 0 Å². The number of nitrogens with zero attached hydrogens (tertiary/aromatic N) is 3. The SMILES string of the molecule is Cc1[nH]c2ccccc2c1CN(C)C(=O)C=Cc1cnc(N)c(C(C=C=O)N(C)Cc2c(C)[nH]c3ccccc23)c1. The van der Waals surface area contributed by atoms with Crippen LogP contribution < -0.4 is 5.73 Å². The molecule has 0 aliphatic heterocycles. The lowest BCUT2D eigenvalue weighted by Gasteiger charge is -2.26. The van der Waals surface area contributed by atoms with E-state index in [1.807, 2.05) is 74.2 Å². The van der Waals surface area contributed by atoms with Gasteiger partial charge in [0.25, 0.3) is 0 Å². The molecule has 0 saturated heterocycles. The van der Waals surface area contributed by atoms with Crippen LogP contribution in [-0.2, 0) is 22.7 Å². The number of fused-ring (bicyclic) bond motifs is 2. The quantitative estimate of drug-likeness (QED) is 0.168. The van der Waals surface area contributed by atoms with E-state index in [0.29, 0.717) is 30.0 Å². The maximum Gasteiger partial charge on any atom is 0.246 e. The van der Waals surface area contributed by atoms with Gasteiger partial charge in [-0.3, -0.25) is 9.69 Å². The number of aromatic nitrogens is 3. The summed E-state index contributed by atoms with van der Waals surface area (Å²) in [5, 5.41) is 2.25. The predicted octanol–water partition coefficient (Wildman–Crippen LogP) is 5.48. The molecule has 1 amide bonds. The minimum absolute atomic E-state index is 0.135. The third kappa shape index (κ3) is 5.70. The van der Waals surface area contributed by atoms with Gasteiger partial charge in [-0.1, -0.05) is 36.4 Å². The molecule has 8 nitrogen and oxygen atoms in total. The summed E-state index contributed by atoms with van der Waals surface area (Å²) in [6, 6.07) is 17.6. The van der Waals surface area contributed by atoms with Crippen LogP contribution in [-0.4, -0.2) is 50.7 Å². The molecule has 0 radical (unpaired) electrons. The normalized spacial score (nSPS) is 12.3. The van der Waals surface area contributed by atoms with Crippen molar-refractivity contribution in [3.05, 3.63) is 107 Å². The summed E-state index contributed by atoms with van der Waals surface area (Å²) in [5.74, 6) is 2.12. The highest BCUT2D eigenvalue weighted by Crippen LogP contribution is 2.30. The number of hydrogen-bond donors (Lipinski definition) is 3. The molecular weight excluding hydrogens is 512 g/mol. The van der Waals surface area contributed by atoms with Crippen molar-refractivity contribution >= 4 is 45.5 Å². The molecule has 5 aromatic rings. The minimum Gasteiger partial charge on any atom is -0.383 e. The molecule has 0 fully saturated rings. The van der Waals surface area contributed by atoms with E-state index in [1.165, 1.54) is 12.2 Å². The van der Waals surface area contributed by atoms with Crippen LogP contribution in [0.4, 0.5) is 5.82 Å². The van der Waals surface area contributed by atoms with Crippen molar-refractivity contribution in [3.63, 3.8) is 0 Å². The Kier molecular flexibility index (Phi) is 7.88. The molecule has 4 N–H and O–H groups in total. The summed E-state index contributed by atoms with van der Waals surface area (Å²) >= 11 is 0. The van der Waals surface area contributed by atoms with Crippen molar-refractivity contribution in [1.29, 1.82) is 0 Å². The van der Waals surface area contributed by atoms with Gasteiger partial charge in [0.2, 0.25) is 5.91 Å². The van der Waals surface area contributed by atoms with Gasteiger partial charge in [-0.2, -0.15) is 0 Å². The summed E-state index contributed by atoms with van der Waals surface area (Å²) in [4.78, 5) is 39.5. The number of likely N-dealkylation sites (N-methyl/N-ethyl adjacent to an activating group) is 2. The Labute approximate surface area is 239 Å². The molecule has 2 aromatic carbocycles. The smallest absolute Gasteiger partial charge is 0.246 e. The van der Waals surface area contributed by atoms with E-state index in [9.17, 15) is 9.59 Å². The summed E-state index contributed by atoms with van der Waals surface area (Å²) in [7, 11) is 3.72. The Bertz CT molecular complexity index is 1810. The number of aryl methyl sites for hydroxylation is 2. The van der Waals surface area contributed by atoms with Crippen LogP contribution in [0.15, 0.2) is 72.9 Å². The Morgan fingerprint density at radius 1 is 0.976 bits per heavy atom. The van der Waals surface area contributed by atoms with Crippen molar-refractivity contribution in [2.75, 3.05) is 19.8 Å². The molecule has 5 rings (SSSR count). The average Bonchev–Trinajstić information content (AvgIpc) is 3.46. The van der Waals surface area contributed by atoms with E-state index in [2.05, 4.69) is 27.1 Å². The van der Waals surface area contributed by atoms with Gasteiger partial charge < -0.3 is 20.6 Å². The van der Waals surface area contributed by atoms with Gasteiger partial charge >= 0.3 is 0 Å². The molecule has 208 valence electrons. The Hall–Kier alpha value is -4.91. The van der Waals surface area contributed by atoms with Crippen molar-refractivity contribution in [1.82, 2.24) is 24.8 Å². The first-order valence-corrected chi connectivity index (χ1v) is 13.5. The first kappa shape index (κ1) is 27.6. The fraction of sp³-hybridized carbons (Fsp3) is 0.212. The number of hydrogen-bond acceptors (Lipinski definition) is 5. The maximum atomic E-state index is 13.0. The molecule has 1 atom stereocenters. The predicted molar refractivity (Wildman–Crippen MR) is 165 cm³/mol. The van der Waals surface area contributed by atoms with E-state index >= 15 is 0 Å². The molecule has 0 aliphatic rings. The number of anilines is 1. The monoisotopic (exact) mass is 546 g/mol. The molecule has 3 heterocycles. The Morgan fingerprint density at radius 3 is 2.17 bits per heavy atom. The highest BCUT2D eigenvalue weighted by molar-refractivity contribution is 5.92. The summed E-state index contributed by atoms with van der Waals surface area (Å²) in [6.07, 6.45) is 6.33. The second kappa shape index (κ2) is 11.7. The fourth-order valence-electron chi connectivity index (χ4n) is 5.39. The van der Waals surface area contributed by atoms with E-state index in [0.717, 1.165) is 44.3 Å². The third-order valence-electron chi connectivity index (χ3n) is 7.64. The van der Waals surface area contributed by atoms with Crippen molar-refractivity contribution in [2.24, 2.45) is 0 Å². The minimum atomic E-state index is -0.454. The second-order valence-electron chi connectivity index (χ2n) is 10.5. The number of para-hydroxylation sites is 2. The summed E-state index contributed by atoms with van der Waals surface area (Å²) in [5.41, 5.74) is 14.2. The molecule has 41 heavy (non-hydrogen) atoms. The zero-order chi connectivity index (χ0) is 29.1. The van der Waals surface area contributed by atoms with Crippen LogP contribution in [0.5, 0.6) is 0 Å². The molecule has 0 saturated carbocycles. The number of amides is 1. The molecule has 0 aliphatic carbocycles. The lowest BCUT2D eigenvalue weighted by Crippen LogP contribution is -2.25. The van der Waals surface area contributed by atoms with Crippen molar-refractivity contribution < 1.29 is 9.59 Å². The number of pyridine rings is 1. The Balaban J connectivity index is 1.35. The van der Waals surface area contributed by atoms with Gasteiger partial charge in [0.15, 0.2) is 0 Å². The van der Waals surface area contributed by atoms with Crippen LogP contribution in [0.1, 0.15) is 39.7 Å². The topological polar surface area (TPSA) is 111 Å². The first-order valence-electron chi connectivity index (χ1n) is 13.5. The molecule has 0 spiro atoms. The lowest BCUT2D eigenvalue weighted by atomic mass is 10.0. The third-order valence-corrected chi connectivity index (χ3v) is 7.64. The van der Waals surface area contributed by atoms with Crippen molar-refractivity contribution in [2.45, 2.75) is 33.0 Å². The number of aromatic amines is 2. The molecule has 3 aromatic heterocycles. The van der Waals surface area contributed by atoms with E-state index < -0.39 is 6.04 Å². The molecule has 8 heteroatoms. The molecular formula is C33H34N6O2. The van der Waals surface area contributed by atoms with E-state index in [1.54, 1.807) is 24.2 Å². The van der Waals surface area contributed by atoms with Gasteiger partial charge in [-0.15, -0.1) is 0 Å². The van der Waals surface area contributed by atoms with Crippen LogP contribution >= 0.6 is 0 Å². The first-order chi connectivity index (χ1) is 19.8. The highest BCUT2D eigenvalue weighted by atomic mass is 16.2. The van der Waals surface area contributed by atoms with Gasteiger partial charge in [0.05, 0.1) is 6.04 Å². The van der Waals surface area contributed by atoms with Gasteiger partial charge in [0, 0.05) is 77.2 Å². The number of carbonyl (C=O) groups excluding carboxylic acids is 2. The van der Waals surface area contributed by atoms with E-state index in [-0.39, 0.29) is 5.91 Å². The highest BCUT2D eigenvalue weighted by Gasteiger charge is 2.21. The molecule has 0 bridgehead atoms. The van der Waals surface area contributed by atoms with Crippen LogP contribution in [0.25, 0.3) is 27.9 Å². The summed E-state index contributed by atoms with van der Waals surface area (Å²) in [6.45, 7) is 5.12. The molecule has 1 unspecified atom stereocenters.